The molecule has 2 aromatic rings. The van der Waals surface area contributed by atoms with Crippen molar-refractivity contribution in [2.75, 3.05) is 5.73 Å². The summed E-state index contributed by atoms with van der Waals surface area (Å²) in [5.41, 5.74) is 10.2. The lowest BCUT2D eigenvalue weighted by atomic mass is 9.86. The van der Waals surface area contributed by atoms with Crippen molar-refractivity contribution >= 4 is 5.69 Å². The Morgan fingerprint density at radius 1 is 1.21 bits per heavy atom. The van der Waals surface area contributed by atoms with Gasteiger partial charge in [0.05, 0.1) is 5.69 Å². The number of aryl methyl sites for hydroxylation is 1. The Morgan fingerprint density at radius 3 is 2.74 bits per heavy atom. The normalized spacial score (nSPS) is 16.7. The molecule has 1 fully saturated rings. The molecule has 0 radical (unpaired) electrons. The topological polar surface area (TPSA) is 54.7 Å². The first-order valence-corrected chi connectivity index (χ1v) is 7.16. The summed E-state index contributed by atoms with van der Waals surface area (Å²) in [6.45, 7) is 2.13. The number of hydrogen-bond acceptors (Lipinski definition) is 2. The Balaban J connectivity index is 1.92. The first-order valence-electron chi connectivity index (χ1n) is 7.16. The second-order valence-corrected chi connectivity index (χ2v) is 5.56. The van der Waals surface area contributed by atoms with Gasteiger partial charge in [0, 0.05) is 22.9 Å². The SMILES string of the molecule is Cc1[nH]c(-c2cccc(N)c2)nc1C1CCCCC1. The van der Waals surface area contributed by atoms with Crippen molar-refractivity contribution in [3.8, 4) is 11.4 Å². The van der Waals surface area contributed by atoms with Gasteiger partial charge in [-0.25, -0.2) is 4.98 Å². The van der Waals surface area contributed by atoms with Gasteiger partial charge in [-0.15, -0.1) is 0 Å². The number of rotatable bonds is 2. The third-order valence-corrected chi connectivity index (χ3v) is 4.07. The van der Waals surface area contributed by atoms with E-state index in [2.05, 4.69) is 18.0 Å². The third kappa shape index (κ3) is 2.50. The second kappa shape index (κ2) is 5.08. The molecule has 0 aliphatic heterocycles. The number of nitrogens with one attached hydrogen (secondary N) is 1. The number of aromatic nitrogens is 2. The van der Waals surface area contributed by atoms with Crippen molar-refractivity contribution < 1.29 is 0 Å². The maximum Gasteiger partial charge on any atom is 0.137 e. The molecule has 3 heteroatoms. The number of nitrogen functional groups attached to an aromatic ring is 1. The number of nitrogens with two attached hydrogens (primary N) is 1. The quantitative estimate of drug-likeness (QED) is 0.796. The van der Waals surface area contributed by atoms with E-state index in [-0.39, 0.29) is 0 Å². The maximum absolute atomic E-state index is 5.84. The van der Waals surface area contributed by atoms with E-state index in [4.69, 9.17) is 10.7 Å². The minimum Gasteiger partial charge on any atom is -0.399 e. The number of imidazole rings is 1. The van der Waals surface area contributed by atoms with Gasteiger partial charge in [-0.2, -0.15) is 0 Å². The monoisotopic (exact) mass is 255 g/mol. The van der Waals surface area contributed by atoms with E-state index in [1.807, 2.05) is 18.2 Å². The number of nitrogens with zero attached hydrogens (tertiary/aromatic N) is 1. The van der Waals surface area contributed by atoms with Crippen LogP contribution >= 0.6 is 0 Å². The van der Waals surface area contributed by atoms with Crippen molar-refractivity contribution in [3.63, 3.8) is 0 Å². The number of aromatic amines is 1. The molecule has 1 aliphatic carbocycles. The molecule has 0 saturated heterocycles. The molecule has 1 heterocycles. The highest BCUT2D eigenvalue weighted by Gasteiger charge is 2.20. The predicted molar refractivity (Wildman–Crippen MR) is 79.0 cm³/mol. The van der Waals surface area contributed by atoms with Crippen LogP contribution in [0.25, 0.3) is 11.4 Å². The third-order valence-electron chi connectivity index (χ3n) is 4.07. The van der Waals surface area contributed by atoms with Crippen molar-refractivity contribution in [2.24, 2.45) is 0 Å². The summed E-state index contributed by atoms with van der Waals surface area (Å²) in [5.74, 6) is 1.59. The Labute approximate surface area is 114 Å². The van der Waals surface area contributed by atoms with E-state index in [1.165, 1.54) is 43.5 Å². The minimum absolute atomic E-state index is 0.639. The average Bonchev–Trinajstić information content (AvgIpc) is 2.82. The molecule has 1 aliphatic rings. The zero-order valence-corrected chi connectivity index (χ0v) is 11.4. The van der Waals surface area contributed by atoms with Crippen molar-refractivity contribution in [3.05, 3.63) is 35.7 Å². The van der Waals surface area contributed by atoms with E-state index >= 15 is 0 Å². The van der Waals surface area contributed by atoms with E-state index in [1.54, 1.807) is 0 Å². The molecule has 0 amide bonds. The smallest absolute Gasteiger partial charge is 0.137 e. The lowest BCUT2D eigenvalue weighted by Gasteiger charge is -2.20. The summed E-state index contributed by atoms with van der Waals surface area (Å²) >= 11 is 0. The van der Waals surface area contributed by atoms with Gasteiger partial charge in [0.1, 0.15) is 5.82 Å². The van der Waals surface area contributed by atoms with Crippen LogP contribution in [0.4, 0.5) is 5.69 Å². The Morgan fingerprint density at radius 2 is 2.00 bits per heavy atom. The van der Waals surface area contributed by atoms with E-state index in [0.717, 1.165) is 17.1 Å². The van der Waals surface area contributed by atoms with Crippen LogP contribution in [0.3, 0.4) is 0 Å². The van der Waals surface area contributed by atoms with Crippen molar-refractivity contribution in [1.82, 2.24) is 9.97 Å². The molecule has 0 unspecified atom stereocenters. The minimum atomic E-state index is 0.639. The first kappa shape index (κ1) is 12.3. The summed E-state index contributed by atoms with van der Waals surface area (Å²) in [5, 5.41) is 0. The molecule has 0 atom stereocenters. The zero-order valence-electron chi connectivity index (χ0n) is 11.4. The van der Waals surface area contributed by atoms with Gasteiger partial charge in [-0.05, 0) is 31.9 Å². The Hall–Kier alpha value is -1.77. The van der Waals surface area contributed by atoms with Crippen LogP contribution in [0.2, 0.25) is 0 Å². The standard InChI is InChI=1S/C16H21N3/c1-11-15(12-6-3-2-4-7-12)19-16(18-11)13-8-5-9-14(17)10-13/h5,8-10,12H,2-4,6-7,17H2,1H3,(H,18,19). The van der Waals surface area contributed by atoms with Crippen LogP contribution in [0.15, 0.2) is 24.3 Å². The van der Waals surface area contributed by atoms with Crippen LogP contribution in [-0.4, -0.2) is 9.97 Å². The molecule has 3 nitrogen and oxygen atoms in total. The molecular formula is C16H21N3. The van der Waals surface area contributed by atoms with Gasteiger partial charge < -0.3 is 10.7 Å². The van der Waals surface area contributed by atoms with Crippen LogP contribution in [0.1, 0.15) is 49.4 Å². The molecular weight excluding hydrogens is 234 g/mol. The van der Waals surface area contributed by atoms with Crippen LogP contribution < -0.4 is 5.73 Å². The van der Waals surface area contributed by atoms with Gasteiger partial charge in [0.2, 0.25) is 0 Å². The fourth-order valence-electron chi connectivity index (χ4n) is 3.07. The summed E-state index contributed by atoms with van der Waals surface area (Å²) in [6.07, 6.45) is 6.61. The molecule has 3 N–H and O–H groups in total. The molecule has 0 bridgehead atoms. The van der Waals surface area contributed by atoms with E-state index < -0.39 is 0 Å². The summed E-state index contributed by atoms with van der Waals surface area (Å²) in [4.78, 5) is 8.25. The van der Waals surface area contributed by atoms with Crippen molar-refractivity contribution in [2.45, 2.75) is 44.9 Å². The highest BCUT2D eigenvalue weighted by molar-refractivity contribution is 5.61. The van der Waals surface area contributed by atoms with E-state index in [9.17, 15) is 0 Å². The summed E-state index contributed by atoms with van der Waals surface area (Å²) in [6, 6.07) is 7.91. The van der Waals surface area contributed by atoms with E-state index in [0.29, 0.717) is 5.92 Å². The number of H-pyrrole nitrogens is 1. The molecule has 3 rings (SSSR count). The fraction of sp³-hybridized carbons (Fsp3) is 0.438. The second-order valence-electron chi connectivity index (χ2n) is 5.56. The van der Waals surface area contributed by atoms with Gasteiger partial charge in [0.15, 0.2) is 0 Å². The predicted octanol–water partition coefficient (Wildman–Crippen LogP) is 4.02. The first-order chi connectivity index (χ1) is 9.24. The lowest BCUT2D eigenvalue weighted by molar-refractivity contribution is 0.436. The number of anilines is 1. The zero-order chi connectivity index (χ0) is 13.2. The summed E-state index contributed by atoms with van der Waals surface area (Å²) in [7, 11) is 0. The molecule has 19 heavy (non-hydrogen) atoms. The largest absolute Gasteiger partial charge is 0.399 e. The van der Waals surface area contributed by atoms with Gasteiger partial charge in [0.25, 0.3) is 0 Å². The number of benzene rings is 1. The van der Waals surface area contributed by atoms with Crippen LogP contribution in [-0.2, 0) is 0 Å². The molecule has 100 valence electrons. The summed E-state index contributed by atoms with van der Waals surface area (Å²) < 4.78 is 0. The molecule has 0 spiro atoms. The maximum atomic E-state index is 5.84. The Kier molecular flexibility index (Phi) is 3.28. The Bertz CT molecular complexity index is 565. The highest BCUT2D eigenvalue weighted by atomic mass is 14.9. The fourth-order valence-corrected chi connectivity index (χ4v) is 3.07. The average molecular weight is 255 g/mol. The molecule has 1 saturated carbocycles. The van der Waals surface area contributed by atoms with Crippen molar-refractivity contribution in [1.29, 1.82) is 0 Å². The highest BCUT2D eigenvalue weighted by Crippen LogP contribution is 2.34. The lowest BCUT2D eigenvalue weighted by Crippen LogP contribution is -2.06. The van der Waals surface area contributed by atoms with Gasteiger partial charge in [-0.3, -0.25) is 0 Å². The van der Waals surface area contributed by atoms with Crippen LogP contribution in [0, 0.1) is 6.92 Å². The van der Waals surface area contributed by atoms with Crippen LogP contribution in [0.5, 0.6) is 0 Å². The molecule has 1 aromatic heterocycles. The van der Waals surface area contributed by atoms with Gasteiger partial charge >= 0.3 is 0 Å². The number of hydrogen-bond donors (Lipinski definition) is 2. The van der Waals surface area contributed by atoms with Gasteiger partial charge in [-0.1, -0.05) is 31.4 Å². The molecule has 1 aromatic carbocycles.